The molecule has 1 N–H and O–H groups in total. The average Bonchev–Trinajstić information content (AvgIpc) is 3.07. The molecule has 0 unspecified atom stereocenters. The number of para-hydroxylation sites is 1. The van der Waals surface area contributed by atoms with Crippen LogP contribution in [0.3, 0.4) is 0 Å². The lowest BCUT2D eigenvalue weighted by Gasteiger charge is -2.10. The number of carbonyl (C=O) groups excluding carboxylic acids is 1. The van der Waals surface area contributed by atoms with Crippen LogP contribution in [-0.4, -0.2) is 32.3 Å². The number of hydrogen-bond acceptors (Lipinski definition) is 6. The van der Waals surface area contributed by atoms with E-state index in [2.05, 4.69) is 20.4 Å². The monoisotopic (exact) mass is 461 g/mol. The first-order valence-corrected chi connectivity index (χ1v) is 10.6. The van der Waals surface area contributed by atoms with Crippen molar-refractivity contribution in [1.82, 2.24) is 19.7 Å². The van der Waals surface area contributed by atoms with Gasteiger partial charge in [-0.15, -0.1) is 0 Å². The van der Waals surface area contributed by atoms with Gasteiger partial charge in [0.25, 0.3) is 5.91 Å². The van der Waals surface area contributed by atoms with Crippen LogP contribution in [0.25, 0.3) is 5.82 Å². The Hall–Kier alpha value is -4.27. The third kappa shape index (κ3) is 5.20. The topological polar surface area (TPSA) is 91.2 Å². The van der Waals surface area contributed by atoms with E-state index >= 15 is 0 Å². The fourth-order valence-electron chi connectivity index (χ4n) is 3.26. The maximum atomic E-state index is 13.6. The van der Waals surface area contributed by atoms with Crippen molar-refractivity contribution >= 4 is 11.6 Å². The first-order chi connectivity index (χ1) is 16.3. The molecule has 1 amide bonds. The summed E-state index contributed by atoms with van der Waals surface area (Å²) in [5.41, 5.74) is 3.59. The van der Waals surface area contributed by atoms with Crippen molar-refractivity contribution in [3.8, 4) is 23.2 Å². The van der Waals surface area contributed by atoms with Crippen molar-refractivity contribution in [1.29, 1.82) is 0 Å². The number of nitrogens with one attached hydrogen (secondary N) is 1. The Morgan fingerprint density at radius 2 is 1.76 bits per heavy atom. The summed E-state index contributed by atoms with van der Waals surface area (Å²) in [6, 6.07) is 14.4. The molecule has 0 aliphatic rings. The van der Waals surface area contributed by atoms with E-state index in [1.807, 2.05) is 20.8 Å². The van der Waals surface area contributed by atoms with Crippen LogP contribution in [0, 0.1) is 33.5 Å². The van der Waals surface area contributed by atoms with Crippen molar-refractivity contribution in [2.24, 2.45) is 0 Å². The van der Waals surface area contributed by atoms with Crippen LogP contribution in [0.2, 0.25) is 0 Å². The molecule has 0 saturated heterocycles. The van der Waals surface area contributed by atoms with Gasteiger partial charge in [-0.2, -0.15) is 10.1 Å². The molecule has 2 aromatic heterocycles. The van der Waals surface area contributed by atoms with Gasteiger partial charge in [0.05, 0.1) is 5.69 Å². The SMILES string of the molecule is Cc1nc(Oc2ccc(NC(=O)COc3ccccc3F)cc2)cc(-n2nc(C)c(C)c2C)n1. The number of rotatable bonds is 7. The molecule has 174 valence electrons. The Morgan fingerprint density at radius 3 is 2.44 bits per heavy atom. The van der Waals surface area contributed by atoms with Gasteiger partial charge in [-0.05, 0) is 69.7 Å². The molecule has 0 bridgehead atoms. The van der Waals surface area contributed by atoms with Gasteiger partial charge in [-0.1, -0.05) is 12.1 Å². The third-order valence-corrected chi connectivity index (χ3v) is 5.23. The lowest BCUT2D eigenvalue weighted by atomic mass is 10.2. The Bertz CT molecular complexity index is 1340. The zero-order chi connectivity index (χ0) is 24.2. The molecule has 0 aliphatic carbocycles. The van der Waals surface area contributed by atoms with E-state index in [4.69, 9.17) is 9.47 Å². The Kier molecular flexibility index (Phi) is 6.53. The second kappa shape index (κ2) is 9.70. The lowest BCUT2D eigenvalue weighted by Crippen LogP contribution is -2.20. The summed E-state index contributed by atoms with van der Waals surface area (Å²) >= 11 is 0. The molecular weight excluding hydrogens is 437 g/mol. The Morgan fingerprint density at radius 1 is 1.03 bits per heavy atom. The molecule has 2 aromatic carbocycles. The molecule has 34 heavy (non-hydrogen) atoms. The summed E-state index contributed by atoms with van der Waals surface area (Å²) < 4.78 is 26.5. The lowest BCUT2D eigenvalue weighted by molar-refractivity contribution is -0.118. The van der Waals surface area contributed by atoms with Gasteiger partial charge >= 0.3 is 0 Å². The van der Waals surface area contributed by atoms with E-state index in [0.29, 0.717) is 29.0 Å². The Balaban J connectivity index is 1.41. The highest BCUT2D eigenvalue weighted by molar-refractivity contribution is 5.91. The molecule has 4 rings (SSSR count). The fourth-order valence-corrected chi connectivity index (χ4v) is 3.26. The summed E-state index contributed by atoms with van der Waals surface area (Å²) in [7, 11) is 0. The molecule has 0 spiro atoms. The van der Waals surface area contributed by atoms with Crippen LogP contribution in [0.5, 0.6) is 17.4 Å². The maximum absolute atomic E-state index is 13.6. The molecule has 2 heterocycles. The van der Waals surface area contributed by atoms with Crippen LogP contribution in [-0.2, 0) is 4.79 Å². The van der Waals surface area contributed by atoms with E-state index in [1.54, 1.807) is 54.1 Å². The highest BCUT2D eigenvalue weighted by Gasteiger charge is 2.13. The number of nitrogens with zero attached hydrogens (tertiary/aromatic N) is 4. The average molecular weight is 461 g/mol. The molecule has 0 atom stereocenters. The fraction of sp³-hybridized carbons (Fsp3) is 0.200. The van der Waals surface area contributed by atoms with Crippen LogP contribution < -0.4 is 14.8 Å². The number of anilines is 1. The number of halogens is 1. The highest BCUT2D eigenvalue weighted by Crippen LogP contribution is 2.24. The molecule has 9 heteroatoms. The number of aryl methyl sites for hydroxylation is 2. The zero-order valence-electron chi connectivity index (χ0n) is 19.3. The molecule has 4 aromatic rings. The van der Waals surface area contributed by atoms with Gasteiger partial charge in [-0.3, -0.25) is 4.79 Å². The minimum Gasteiger partial charge on any atom is -0.481 e. The first-order valence-electron chi connectivity index (χ1n) is 10.6. The van der Waals surface area contributed by atoms with Gasteiger partial charge in [-0.25, -0.2) is 14.1 Å². The second-order valence-electron chi connectivity index (χ2n) is 7.71. The number of amides is 1. The highest BCUT2D eigenvalue weighted by atomic mass is 19.1. The normalized spacial score (nSPS) is 10.7. The minimum atomic E-state index is -0.520. The summed E-state index contributed by atoms with van der Waals surface area (Å²) in [6.45, 7) is 7.44. The third-order valence-electron chi connectivity index (χ3n) is 5.23. The number of carbonyl (C=O) groups is 1. The maximum Gasteiger partial charge on any atom is 0.262 e. The van der Waals surface area contributed by atoms with Crippen molar-refractivity contribution < 1.29 is 18.7 Å². The van der Waals surface area contributed by atoms with Gasteiger partial charge in [0, 0.05) is 17.4 Å². The smallest absolute Gasteiger partial charge is 0.262 e. The van der Waals surface area contributed by atoms with Crippen LogP contribution in [0.4, 0.5) is 10.1 Å². The largest absolute Gasteiger partial charge is 0.481 e. The van der Waals surface area contributed by atoms with Crippen molar-refractivity contribution in [2.45, 2.75) is 27.7 Å². The van der Waals surface area contributed by atoms with E-state index in [-0.39, 0.29) is 12.4 Å². The first kappa shape index (κ1) is 22.9. The summed E-state index contributed by atoms with van der Waals surface area (Å²) in [6.07, 6.45) is 0. The zero-order valence-corrected chi connectivity index (χ0v) is 19.3. The second-order valence-corrected chi connectivity index (χ2v) is 7.71. The van der Waals surface area contributed by atoms with Gasteiger partial charge in [0.1, 0.15) is 11.6 Å². The molecule has 0 fully saturated rings. The number of ether oxygens (including phenoxy) is 2. The van der Waals surface area contributed by atoms with Crippen molar-refractivity contribution in [3.05, 3.63) is 83.2 Å². The van der Waals surface area contributed by atoms with Gasteiger partial charge in [0.15, 0.2) is 24.0 Å². The predicted molar refractivity (Wildman–Crippen MR) is 125 cm³/mol. The summed E-state index contributed by atoms with van der Waals surface area (Å²) in [5, 5.41) is 7.24. The van der Waals surface area contributed by atoms with Gasteiger partial charge < -0.3 is 14.8 Å². The predicted octanol–water partition coefficient (Wildman–Crippen LogP) is 4.84. The number of benzene rings is 2. The molecule has 0 saturated carbocycles. The molecule has 0 radical (unpaired) electrons. The molecule has 0 aliphatic heterocycles. The molecular formula is C25H24FN5O3. The van der Waals surface area contributed by atoms with Crippen LogP contribution in [0.15, 0.2) is 54.6 Å². The molecule has 8 nitrogen and oxygen atoms in total. The van der Waals surface area contributed by atoms with E-state index < -0.39 is 11.7 Å². The minimum absolute atomic E-state index is 0.0246. The number of aromatic nitrogens is 4. The van der Waals surface area contributed by atoms with Crippen LogP contribution >= 0.6 is 0 Å². The van der Waals surface area contributed by atoms with E-state index in [9.17, 15) is 9.18 Å². The standard InChI is InChI=1S/C25H24FN5O3/c1-15-16(2)30-31(17(15)3)23-13-25(28-18(4)27-23)34-20-11-9-19(10-12-20)29-24(32)14-33-22-8-6-5-7-21(22)26/h5-13H,14H2,1-4H3,(H,29,32). The van der Waals surface area contributed by atoms with Crippen molar-refractivity contribution in [3.63, 3.8) is 0 Å². The quantitative estimate of drug-likeness (QED) is 0.423. The summed E-state index contributed by atoms with van der Waals surface area (Å²) in [4.78, 5) is 21.0. The summed E-state index contributed by atoms with van der Waals surface area (Å²) in [5.74, 6) is 1.18. The number of hydrogen-bond donors (Lipinski definition) is 1. The van der Waals surface area contributed by atoms with Crippen molar-refractivity contribution in [2.75, 3.05) is 11.9 Å². The van der Waals surface area contributed by atoms with Gasteiger partial charge in [0.2, 0.25) is 5.88 Å². The van der Waals surface area contributed by atoms with Crippen LogP contribution in [0.1, 0.15) is 22.8 Å². The van der Waals surface area contributed by atoms with E-state index in [1.165, 1.54) is 12.1 Å². The Labute approximate surface area is 196 Å². The van der Waals surface area contributed by atoms with E-state index in [0.717, 1.165) is 17.0 Å².